The number of fused-ring (bicyclic) bond motifs is 1. The number of hydrogen-bond acceptors (Lipinski definition) is 6. The summed E-state index contributed by atoms with van der Waals surface area (Å²) in [6.07, 6.45) is 3.72. The molecule has 0 saturated carbocycles. The van der Waals surface area contributed by atoms with Crippen molar-refractivity contribution in [3.05, 3.63) is 18.2 Å². The standard InChI is InChI=1S/C14H23N7/c1-11-17-18-13-12(16-4-5-21(11)13)19-6-8-20(9-7-19)14(2,3)10-15/h4-5H,6-10,15H2,1-3H3. The van der Waals surface area contributed by atoms with Crippen LogP contribution in [0, 0.1) is 6.92 Å². The fourth-order valence-corrected chi connectivity index (χ4v) is 2.80. The van der Waals surface area contributed by atoms with Crippen LogP contribution in [-0.4, -0.2) is 62.7 Å². The Morgan fingerprint density at radius 3 is 2.57 bits per heavy atom. The number of rotatable bonds is 3. The zero-order chi connectivity index (χ0) is 15.0. The van der Waals surface area contributed by atoms with E-state index in [2.05, 4.69) is 38.8 Å². The quantitative estimate of drug-likeness (QED) is 0.875. The van der Waals surface area contributed by atoms with Crippen LogP contribution in [0.2, 0.25) is 0 Å². The van der Waals surface area contributed by atoms with Crippen LogP contribution in [0.25, 0.3) is 5.65 Å². The maximum absolute atomic E-state index is 5.87. The lowest BCUT2D eigenvalue weighted by atomic mass is 10.0. The lowest BCUT2D eigenvalue weighted by molar-refractivity contribution is 0.119. The molecule has 7 heteroatoms. The van der Waals surface area contributed by atoms with Gasteiger partial charge in [-0.2, -0.15) is 0 Å². The summed E-state index contributed by atoms with van der Waals surface area (Å²) in [5, 5.41) is 8.39. The van der Waals surface area contributed by atoms with Gasteiger partial charge in [-0.15, -0.1) is 10.2 Å². The third-order valence-electron chi connectivity index (χ3n) is 4.41. The predicted octanol–water partition coefficient (Wildman–Crippen LogP) is 0.292. The first kappa shape index (κ1) is 14.2. The monoisotopic (exact) mass is 289 g/mol. The molecule has 0 atom stereocenters. The molecule has 1 aliphatic heterocycles. The van der Waals surface area contributed by atoms with Gasteiger partial charge in [0.05, 0.1) is 0 Å². The minimum absolute atomic E-state index is 0.0526. The molecule has 21 heavy (non-hydrogen) atoms. The van der Waals surface area contributed by atoms with Gasteiger partial charge in [-0.1, -0.05) is 0 Å². The van der Waals surface area contributed by atoms with Crippen molar-refractivity contribution in [1.29, 1.82) is 0 Å². The van der Waals surface area contributed by atoms with Crippen molar-refractivity contribution < 1.29 is 0 Å². The van der Waals surface area contributed by atoms with Crippen LogP contribution < -0.4 is 10.6 Å². The minimum atomic E-state index is 0.0526. The summed E-state index contributed by atoms with van der Waals surface area (Å²) < 4.78 is 1.98. The summed E-state index contributed by atoms with van der Waals surface area (Å²) in [4.78, 5) is 9.24. The topological polar surface area (TPSA) is 75.6 Å². The Morgan fingerprint density at radius 1 is 1.19 bits per heavy atom. The number of aromatic nitrogens is 4. The summed E-state index contributed by atoms with van der Waals surface area (Å²) in [5.41, 5.74) is 6.76. The van der Waals surface area contributed by atoms with Crippen LogP contribution in [0.4, 0.5) is 5.82 Å². The summed E-state index contributed by atoms with van der Waals surface area (Å²) in [6, 6.07) is 0. The molecule has 0 aromatic carbocycles. The molecule has 7 nitrogen and oxygen atoms in total. The Hall–Kier alpha value is -1.73. The van der Waals surface area contributed by atoms with Crippen molar-refractivity contribution in [2.75, 3.05) is 37.6 Å². The van der Waals surface area contributed by atoms with Crippen molar-refractivity contribution in [3.8, 4) is 0 Å². The lowest BCUT2D eigenvalue weighted by Gasteiger charge is -2.43. The molecule has 1 fully saturated rings. The molecule has 2 N–H and O–H groups in total. The first-order chi connectivity index (χ1) is 10.0. The third kappa shape index (κ3) is 2.47. The van der Waals surface area contributed by atoms with Gasteiger partial charge in [-0.05, 0) is 20.8 Å². The Bertz CT molecular complexity index is 625. The minimum Gasteiger partial charge on any atom is -0.351 e. The summed E-state index contributed by atoms with van der Waals surface area (Å²) in [6.45, 7) is 10.9. The van der Waals surface area contributed by atoms with Gasteiger partial charge in [0.1, 0.15) is 5.82 Å². The normalized spacial score (nSPS) is 17.6. The van der Waals surface area contributed by atoms with Gasteiger partial charge in [0.2, 0.25) is 5.65 Å². The Balaban J connectivity index is 1.80. The highest BCUT2D eigenvalue weighted by Crippen LogP contribution is 2.22. The van der Waals surface area contributed by atoms with E-state index in [0.29, 0.717) is 6.54 Å². The maximum atomic E-state index is 5.87. The van der Waals surface area contributed by atoms with Crippen LogP contribution in [0.5, 0.6) is 0 Å². The van der Waals surface area contributed by atoms with Crippen LogP contribution in [0.1, 0.15) is 19.7 Å². The van der Waals surface area contributed by atoms with E-state index in [-0.39, 0.29) is 5.54 Å². The molecule has 0 spiro atoms. The lowest BCUT2D eigenvalue weighted by Crippen LogP contribution is -2.57. The van der Waals surface area contributed by atoms with Gasteiger partial charge in [0.25, 0.3) is 0 Å². The van der Waals surface area contributed by atoms with Gasteiger partial charge >= 0.3 is 0 Å². The van der Waals surface area contributed by atoms with Crippen molar-refractivity contribution in [2.45, 2.75) is 26.3 Å². The molecule has 3 rings (SSSR count). The van der Waals surface area contributed by atoms with E-state index in [0.717, 1.165) is 43.5 Å². The molecule has 114 valence electrons. The van der Waals surface area contributed by atoms with E-state index in [9.17, 15) is 0 Å². The zero-order valence-electron chi connectivity index (χ0n) is 13.0. The molecule has 2 aromatic heterocycles. The van der Waals surface area contributed by atoms with Crippen molar-refractivity contribution in [2.24, 2.45) is 5.73 Å². The van der Waals surface area contributed by atoms with Gasteiger partial charge in [-0.3, -0.25) is 9.30 Å². The second kappa shape index (κ2) is 5.23. The summed E-state index contributed by atoms with van der Waals surface area (Å²) >= 11 is 0. The van der Waals surface area contributed by atoms with E-state index in [4.69, 9.17) is 5.73 Å². The largest absolute Gasteiger partial charge is 0.351 e. The Morgan fingerprint density at radius 2 is 1.90 bits per heavy atom. The average Bonchev–Trinajstić information content (AvgIpc) is 2.89. The molecule has 0 bridgehead atoms. The van der Waals surface area contributed by atoms with Gasteiger partial charge in [0.15, 0.2) is 5.82 Å². The third-order valence-corrected chi connectivity index (χ3v) is 4.41. The average molecular weight is 289 g/mol. The first-order valence-electron chi connectivity index (χ1n) is 7.39. The number of hydrogen-bond donors (Lipinski definition) is 1. The molecule has 2 aromatic rings. The number of piperazine rings is 1. The molecule has 0 amide bonds. The van der Waals surface area contributed by atoms with Crippen molar-refractivity contribution in [3.63, 3.8) is 0 Å². The van der Waals surface area contributed by atoms with E-state index >= 15 is 0 Å². The molecular formula is C14H23N7. The van der Waals surface area contributed by atoms with E-state index in [1.165, 1.54) is 0 Å². The van der Waals surface area contributed by atoms with Crippen LogP contribution in [0.3, 0.4) is 0 Å². The molecule has 3 heterocycles. The smallest absolute Gasteiger partial charge is 0.203 e. The first-order valence-corrected chi connectivity index (χ1v) is 7.39. The van der Waals surface area contributed by atoms with E-state index in [1.54, 1.807) is 0 Å². The second-order valence-electron chi connectivity index (χ2n) is 6.18. The Kier molecular flexibility index (Phi) is 3.54. The SMILES string of the molecule is Cc1nnc2c(N3CCN(C(C)(C)CN)CC3)nccn12. The number of nitrogens with two attached hydrogens (primary N) is 1. The molecule has 1 saturated heterocycles. The maximum Gasteiger partial charge on any atom is 0.203 e. The highest BCUT2D eigenvalue weighted by molar-refractivity contribution is 5.63. The summed E-state index contributed by atoms with van der Waals surface area (Å²) in [7, 11) is 0. The highest BCUT2D eigenvalue weighted by atomic mass is 15.3. The van der Waals surface area contributed by atoms with Crippen LogP contribution in [-0.2, 0) is 0 Å². The number of anilines is 1. The van der Waals surface area contributed by atoms with Gasteiger partial charge < -0.3 is 10.6 Å². The fourth-order valence-electron chi connectivity index (χ4n) is 2.80. The molecule has 1 aliphatic rings. The zero-order valence-corrected chi connectivity index (χ0v) is 13.0. The van der Waals surface area contributed by atoms with Crippen LogP contribution in [0.15, 0.2) is 12.4 Å². The molecular weight excluding hydrogens is 266 g/mol. The van der Waals surface area contributed by atoms with Gasteiger partial charge in [0, 0.05) is 50.7 Å². The molecule has 0 aliphatic carbocycles. The number of aryl methyl sites for hydroxylation is 1. The Labute approximate surface area is 124 Å². The molecule has 0 unspecified atom stereocenters. The van der Waals surface area contributed by atoms with Crippen molar-refractivity contribution in [1.82, 2.24) is 24.5 Å². The second-order valence-corrected chi connectivity index (χ2v) is 6.18. The van der Waals surface area contributed by atoms with Crippen LogP contribution >= 0.6 is 0 Å². The van der Waals surface area contributed by atoms with E-state index < -0.39 is 0 Å². The van der Waals surface area contributed by atoms with Crippen molar-refractivity contribution >= 4 is 11.5 Å². The molecule has 0 radical (unpaired) electrons. The van der Waals surface area contributed by atoms with Gasteiger partial charge in [-0.25, -0.2) is 4.98 Å². The summed E-state index contributed by atoms with van der Waals surface area (Å²) in [5.74, 6) is 1.81. The number of nitrogens with zero attached hydrogens (tertiary/aromatic N) is 6. The van der Waals surface area contributed by atoms with E-state index in [1.807, 2.05) is 23.7 Å². The fraction of sp³-hybridized carbons (Fsp3) is 0.643. The highest BCUT2D eigenvalue weighted by Gasteiger charge is 2.29. The predicted molar refractivity (Wildman–Crippen MR) is 82.4 cm³/mol.